The molecule has 1 aliphatic rings. The van der Waals surface area contributed by atoms with E-state index < -0.39 is 0 Å². The third kappa shape index (κ3) is 5.79. The summed E-state index contributed by atoms with van der Waals surface area (Å²) in [5, 5.41) is 3.12. The van der Waals surface area contributed by atoms with Gasteiger partial charge in [-0.05, 0) is 31.7 Å². The van der Waals surface area contributed by atoms with Crippen molar-refractivity contribution in [1.29, 1.82) is 0 Å². The first kappa shape index (κ1) is 17.5. The van der Waals surface area contributed by atoms with Gasteiger partial charge in [0.15, 0.2) is 11.5 Å². The Morgan fingerprint density at radius 2 is 1.79 bits per heavy atom. The first-order chi connectivity index (χ1) is 9.29. The van der Waals surface area contributed by atoms with Crippen LogP contribution in [0.15, 0.2) is 23.8 Å². The van der Waals surface area contributed by atoms with Crippen molar-refractivity contribution in [3.63, 3.8) is 0 Å². The highest BCUT2D eigenvalue weighted by molar-refractivity contribution is 5.58. The molecule has 1 N–H and O–H groups in total. The van der Waals surface area contributed by atoms with Crippen LogP contribution in [-0.2, 0) is 0 Å². The van der Waals surface area contributed by atoms with Gasteiger partial charge in [0, 0.05) is 6.54 Å². The van der Waals surface area contributed by atoms with Crippen molar-refractivity contribution in [3.8, 4) is 11.5 Å². The van der Waals surface area contributed by atoms with Gasteiger partial charge in [-0.15, -0.1) is 0 Å². The van der Waals surface area contributed by atoms with Crippen molar-refractivity contribution in [2.75, 3.05) is 20.4 Å². The van der Waals surface area contributed by atoms with Gasteiger partial charge in [0.25, 0.3) is 0 Å². The van der Waals surface area contributed by atoms with E-state index in [1.54, 1.807) is 0 Å². The maximum Gasteiger partial charge on any atom is 0.231 e. The number of fused-ring (bicyclic) bond motifs is 1. The fourth-order valence-corrected chi connectivity index (χ4v) is 1.62. The zero-order valence-corrected chi connectivity index (χ0v) is 13.0. The van der Waals surface area contributed by atoms with Gasteiger partial charge in [0.1, 0.15) is 0 Å². The number of hydrogen-bond acceptors (Lipinski definition) is 3. The summed E-state index contributed by atoms with van der Waals surface area (Å²) in [6.45, 7) is 11.3. The number of likely N-dealkylation sites (N-methyl/N-ethyl adjacent to an activating group) is 1. The number of ether oxygens (including phenoxy) is 2. The molecule has 0 aromatic heterocycles. The summed E-state index contributed by atoms with van der Waals surface area (Å²) >= 11 is 0. The Kier molecular flexibility index (Phi) is 9.63. The summed E-state index contributed by atoms with van der Waals surface area (Å²) in [6.07, 6.45) is 2.14. The fraction of sp³-hybridized carbons (Fsp3) is 0.500. The molecular formula is C16H27NO2. The molecule has 0 saturated carbocycles. The van der Waals surface area contributed by atoms with E-state index >= 15 is 0 Å². The highest BCUT2D eigenvalue weighted by Gasteiger charge is 2.12. The van der Waals surface area contributed by atoms with Crippen LogP contribution in [0, 0.1) is 0 Å². The molecule has 1 heterocycles. The van der Waals surface area contributed by atoms with Gasteiger partial charge < -0.3 is 14.8 Å². The van der Waals surface area contributed by atoms with Crippen LogP contribution in [0.5, 0.6) is 11.5 Å². The molecule has 19 heavy (non-hydrogen) atoms. The van der Waals surface area contributed by atoms with Crippen molar-refractivity contribution in [2.45, 2.75) is 34.6 Å². The summed E-state index contributed by atoms with van der Waals surface area (Å²) < 4.78 is 10.6. The minimum Gasteiger partial charge on any atom is -0.454 e. The van der Waals surface area contributed by atoms with E-state index in [2.05, 4.69) is 18.3 Å². The van der Waals surface area contributed by atoms with Crippen molar-refractivity contribution in [2.24, 2.45) is 0 Å². The lowest BCUT2D eigenvalue weighted by Gasteiger charge is -2.01. The van der Waals surface area contributed by atoms with Crippen LogP contribution in [0.2, 0.25) is 0 Å². The molecule has 0 atom stereocenters. The Bertz CT molecular complexity index is 386. The van der Waals surface area contributed by atoms with Crippen LogP contribution in [0.1, 0.15) is 40.2 Å². The molecule has 0 radical (unpaired) electrons. The zero-order valence-electron chi connectivity index (χ0n) is 13.0. The molecule has 1 aliphatic heterocycles. The van der Waals surface area contributed by atoms with Crippen molar-refractivity contribution < 1.29 is 9.47 Å². The second-order valence-electron chi connectivity index (χ2n) is 3.63. The molecule has 3 heteroatoms. The molecule has 1 aromatic rings. The predicted octanol–water partition coefficient (Wildman–Crippen LogP) is 4.09. The summed E-state index contributed by atoms with van der Waals surface area (Å²) in [7, 11) is 1.94. The van der Waals surface area contributed by atoms with Gasteiger partial charge in [-0.2, -0.15) is 0 Å². The Balaban J connectivity index is 0.000000741. The summed E-state index contributed by atoms with van der Waals surface area (Å²) in [6, 6.07) is 5.98. The van der Waals surface area contributed by atoms with Gasteiger partial charge in [-0.1, -0.05) is 45.4 Å². The Morgan fingerprint density at radius 3 is 2.42 bits per heavy atom. The van der Waals surface area contributed by atoms with Gasteiger partial charge in [0.2, 0.25) is 6.79 Å². The van der Waals surface area contributed by atoms with Crippen LogP contribution >= 0.6 is 0 Å². The normalized spacial score (nSPS) is 12.0. The van der Waals surface area contributed by atoms with Crippen molar-refractivity contribution in [3.05, 3.63) is 29.3 Å². The maximum atomic E-state index is 5.31. The molecule has 108 valence electrons. The molecule has 0 aliphatic carbocycles. The molecule has 0 spiro atoms. The molecule has 0 bridgehead atoms. The standard InChI is InChI=1S/C12H15NO2.2C2H6/c1-9(7-13-2)5-10-3-4-11-12(6-10)15-8-14-11;2*1-2/h3-6,13H,7-8H2,1-2H3;2*1-2H3/b9-5+;;. The quantitative estimate of drug-likeness (QED) is 0.893. The molecule has 0 fully saturated rings. The highest BCUT2D eigenvalue weighted by atomic mass is 16.7. The lowest BCUT2D eigenvalue weighted by molar-refractivity contribution is 0.174. The van der Waals surface area contributed by atoms with Gasteiger partial charge in [-0.3, -0.25) is 0 Å². The largest absolute Gasteiger partial charge is 0.454 e. The number of rotatable bonds is 3. The molecule has 0 amide bonds. The SMILES string of the molecule is CC.CC.CNC/C(C)=C/c1ccc2c(c1)OCO2. The van der Waals surface area contributed by atoms with Crippen LogP contribution < -0.4 is 14.8 Å². The van der Waals surface area contributed by atoms with E-state index in [4.69, 9.17) is 9.47 Å². The first-order valence-corrected chi connectivity index (χ1v) is 7.01. The molecule has 0 saturated heterocycles. The van der Waals surface area contributed by atoms with E-state index in [-0.39, 0.29) is 0 Å². The van der Waals surface area contributed by atoms with E-state index in [9.17, 15) is 0 Å². The topological polar surface area (TPSA) is 30.5 Å². The Morgan fingerprint density at radius 1 is 1.16 bits per heavy atom. The minimum atomic E-state index is 0.331. The van der Waals surface area contributed by atoms with Crippen LogP contribution in [-0.4, -0.2) is 20.4 Å². The van der Waals surface area contributed by atoms with Crippen LogP contribution in [0.4, 0.5) is 0 Å². The Hall–Kier alpha value is -1.48. The molecule has 0 unspecified atom stereocenters. The van der Waals surface area contributed by atoms with E-state index in [1.165, 1.54) is 5.57 Å². The second-order valence-corrected chi connectivity index (χ2v) is 3.63. The van der Waals surface area contributed by atoms with Crippen molar-refractivity contribution >= 4 is 6.08 Å². The lowest BCUT2D eigenvalue weighted by Crippen LogP contribution is -2.08. The molecule has 1 aromatic carbocycles. The summed E-state index contributed by atoms with van der Waals surface area (Å²) in [4.78, 5) is 0. The number of nitrogens with one attached hydrogen (secondary N) is 1. The number of hydrogen-bond donors (Lipinski definition) is 1. The summed E-state index contributed by atoms with van der Waals surface area (Å²) in [5.41, 5.74) is 2.43. The average molecular weight is 265 g/mol. The fourth-order valence-electron chi connectivity index (χ4n) is 1.62. The third-order valence-electron chi connectivity index (χ3n) is 2.27. The van der Waals surface area contributed by atoms with Crippen LogP contribution in [0.3, 0.4) is 0 Å². The average Bonchev–Trinajstić information content (AvgIpc) is 2.91. The van der Waals surface area contributed by atoms with E-state index in [0.29, 0.717) is 6.79 Å². The second kappa shape index (κ2) is 10.4. The number of benzene rings is 1. The van der Waals surface area contributed by atoms with E-state index in [1.807, 2.05) is 52.9 Å². The maximum absolute atomic E-state index is 5.31. The predicted molar refractivity (Wildman–Crippen MR) is 82.8 cm³/mol. The molecule has 3 nitrogen and oxygen atoms in total. The molecular weight excluding hydrogens is 238 g/mol. The molecule has 2 rings (SSSR count). The Labute approximate surface area is 117 Å². The highest BCUT2D eigenvalue weighted by Crippen LogP contribution is 2.32. The third-order valence-corrected chi connectivity index (χ3v) is 2.27. The monoisotopic (exact) mass is 265 g/mol. The van der Waals surface area contributed by atoms with Gasteiger partial charge in [-0.25, -0.2) is 0 Å². The lowest BCUT2D eigenvalue weighted by atomic mass is 10.1. The van der Waals surface area contributed by atoms with Crippen LogP contribution in [0.25, 0.3) is 6.08 Å². The van der Waals surface area contributed by atoms with Gasteiger partial charge in [0.05, 0.1) is 0 Å². The summed E-state index contributed by atoms with van der Waals surface area (Å²) in [5.74, 6) is 1.67. The minimum absolute atomic E-state index is 0.331. The smallest absolute Gasteiger partial charge is 0.231 e. The van der Waals surface area contributed by atoms with Gasteiger partial charge >= 0.3 is 0 Å². The van der Waals surface area contributed by atoms with E-state index in [0.717, 1.165) is 23.6 Å². The first-order valence-electron chi connectivity index (χ1n) is 7.01. The zero-order chi connectivity index (χ0) is 14.7. The van der Waals surface area contributed by atoms with Crippen molar-refractivity contribution in [1.82, 2.24) is 5.32 Å².